The van der Waals surface area contributed by atoms with Gasteiger partial charge in [-0.25, -0.2) is 10.6 Å². The molecule has 0 spiro atoms. The first-order valence-corrected chi connectivity index (χ1v) is 8.40. The molecule has 3 aromatic rings. The molecule has 25 heavy (non-hydrogen) atoms. The Bertz CT molecular complexity index is 814. The molecule has 0 saturated heterocycles. The van der Waals surface area contributed by atoms with Gasteiger partial charge in [0.05, 0.1) is 30.8 Å². The summed E-state index contributed by atoms with van der Waals surface area (Å²) in [5.74, 6) is 5.91. The van der Waals surface area contributed by atoms with Gasteiger partial charge in [-0.1, -0.05) is 23.7 Å². The summed E-state index contributed by atoms with van der Waals surface area (Å²) >= 11 is 6.02. The molecule has 0 radical (unpaired) electrons. The Labute approximate surface area is 151 Å². The Morgan fingerprint density at radius 3 is 2.44 bits per heavy atom. The Balaban J connectivity index is 1.99. The van der Waals surface area contributed by atoms with Gasteiger partial charge in [0.25, 0.3) is 0 Å². The van der Waals surface area contributed by atoms with E-state index in [0.717, 1.165) is 41.2 Å². The van der Waals surface area contributed by atoms with Gasteiger partial charge in [0.1, 0.15) is 5.75 Å². The zero-order valence-electron chi connectivity index (χ0n) is 14.0. The third-order valence-corrected chi connectivity index (χ3v) is 4.16. The molecular weight excluding hydrogens is 338 g/mol. The van der Waals surface area contributed by atoms with Crippen molar-refractivity contribution >= 4 is 11.6 Å². The molecular formula is C19H20ClN3O2. The number of rotatable bonds is 7. The van der Waals surface area contributed by atoms with Gasteiger partial charge in [-0.2, -0.15) is 5.10 Å². The number of nitrogens with two attached hydrogens (primary N) is 1. The van der Waals surface area contributed by atoms with E-state index >= 15 is 0 Å². The lowest BCUT2D eigenvalue weighted by Gasteiger charge is -2.08. The number of ether oxygens (including phenoxy) is 1. The van der Waals surface area contributed by atoms with Crippen LogP contribution >= 0.6 is 11.6 Å². The highest BCUT2D eigenvalue weighted by Crippen LogP contribution is 2.26. The smallest absolute Gasteiger partial charge is 0.119 e. The third kappa shape index (κ3) is 4.20. The van der Waals surface area contributed by atoms with Gasteiger partial charge in [0, 0.05) is 10.6 Å². The van der Waals surface area contributed by atoms with E-state index in [1.807, 2.05) is 53.2 Å². The topological polar surface area (TPSA) is 62.3 Å². The highest BCUT2D eigenvalue weighted by molar-refractivity contribution is 6.30. The molecule has 0 aliphatic heterocycles. The first-order chi connectivity index (χ1) is 12.2. The van der Waals surface area contributed by atoms with Crippen molar-refractivity contribution in [2.75, 3.05) is 13.7 Å². The number of benzene rings is 2. The first-order valence-electron chi connectivity index (χ1n) is 8.02. The quantitative estimate of drug-likeness (QED) is 0.512. The lowest BCUT2D eigenvalue weighted by atomic mass is 10.1. The van der Waals surface area contributed by atoms with E-state index in [1.54, 1.807) is 7.11 Å². The summed E-state index contributed by atoms with van der Waals surface area (Å²) in [7, 11) is 1.65. The summed E-state index contributed by atoms with van der Waals surface area (Å²) in [5, 5.41) is 5.46. The molecule has 6 heteroatoms. The molecule has 0 atom stereocenters. The highest BCUT2D eigenvalue weighted by atomic mass is 35.5. The van der Waals surface area contributed by atoms with Crippen molar-refractivity contribution in [2.24, 2.45) is 5.90 Å². The Morgan fingerprint density at radius 2 is 1.80 bits per heavy atom. The van der Waals surface area contributed by atoms with E-state index in [1.165, 1.54) is 0 Å². The zero-order chi connectivity index (χ0) is 17.6. The Morgan fingerprint density at radius 1 is 1.08 bits per heavy atom. The van der Waals surface area contributed by atoms with Crippen LogP contribution in [0.25, 0.3) is 16.9 Å². The summed E-state index contributed by atoms with van der Waals surface area (Å²) < 4.78 is 7.17. The maximum Gasteiger partial charge on any atom is 0.119 e. The van der Waals surface area contributed by atoms with Crippen LogP contribution in [0.1, 0.15) is 12.1 Å². The average molecular weight is 358 g/mol. The monoisotopic (exact) mass is 357 g/mol. The summed E-state index contributed by atoms with van der Waals surface area (Å²) in [6, 6.07) is 17.6. The molecule has 1 heterocycles. The van der Waals surface area contributed by atoms with Gasteiger partial charge >= 0.3 is 0 Å². The van der Waals surface area contributed by atoms with Gasteiger partial charge in [-0.15, -0.1) is 0 Å². The first kappa shape index (κ1) is 17.5. The fourth-order valence-corrected chi connectivity index (χ4v) is 2.76. The molecule has 0 unspecified atom stereocenters. The fourth-order valence-electron chi connectivity index (χ4n) is 2.64. The van der Waals surface area contributed by atoms with E-state index in [-0.39, 0.29) is 0 Å². The molecule has 0 saturated carbocycles. The van der Waals surface area contributed by atoms with E-state index < -0.39 is 0 Å². The maximum absolute atomic E-state index is 6.02. The van der Waals surface area contributed by atoms with Crippen LogP contribution in [0.4, 0.5) is 0 Å². The number of halogens is 1. The lowest BCUT2D eigenvalue weighted by Crippen LogP contribution is -2.03. The van der Waals surface area contributed by atoms with E-state index in [2.05, 4.69) is 10.9 Å². The molecule has 1 aromatic heterocycles. The van der Waals surface area contributed by atoms with Crippen LogP contribution in [0.15, 0.2) is 54.6 Å². The van der Waals surface area contributed by atoms with Crippen molar-refractivity contribution in [3.63, 3.8) is 0 Å². The molecule has 130 valence electrons. The van der Waals surface area contributed by atoms with Gasteiger partial charge in [0.2, 0.25) is 0 Å². The van der Waals surface area contributed by atoms with E-state index in [4.69, 9.17) is 27.3 Å². The standard InChI is InChI=1S/C19H20ClN3O2/c1-24-18-10-8-17(9-11-18)23-19(14-4-6-15(20)7-5-14)13-16(22-23)3-2-12-25-21/h4-11,13H,2-3,12,21H2,1H3. The van der Waals surface area contributed by atoms with Gasteiger partial charge in [-0.05, 0) is 55.3 Å². The Kier molecular flexibility index (Phi) is 5.71. The molecule has 0 bridgehead atoms. The third-order valence-electron chi connectivity index (χ3n) is 3.91. The number of hydrogen-bond donors (Lipinski definition) is 1. The van der Waals surface area contributed by atoms with Crippen LogP contribution in [0.2, 0.25) is 5.02 Å². The zero-order valence-corrected chi connectivity index (χ0v) is 14.7. The normalized spacial score (nSPS) is 10.8. The minimum absolute atomic E-state index is 0.506. The molecule has 0 amide bonds. The minimum atomic E-state index is 0.506. The van der Waals surface area contributed by atoms with Gasteiger partial charge in [-0.3, -0.25) is 0 Å². The molecule has 2 N–H and O–H groups in total. The predicted octanol–water partition coefficient (Wildman–Crippen LogP) is 4.02. The minimum Gasteiger partial charge on any atom is -0.497 e. The predicted molar refractivity (Wildman–Crippen MR) is 99.0 cm³/mol. The number of methoxy groups -OCH3 is 1. The Hall–Kier alpha value is -2.34. The van der Waals surface area contributed by atoms with Crippen LogP contribution < -0.4 is 10.6 Å². The van der Waals surface area contributed by atoms with Crippen molar-refractivity contribution in [2.45, 2.75) is 12.8 Å². The summed E-state index contributed by atoms with van der Waals surface area (Å²) in [6.07, 6.45) is 1.61. The summed E-state index contributed by atoms with van der Waals surface area (Å²) in [4.78, 5) is 4.65. The number of hydrogen-bond acceptors (Lipinski definition) is 4. The van der Waals surface area contributed by atoms with Gasteiger partial charge in [0.15, 0.2) is 0 Å². The van der Waals surface area contributed by atoms with Gasteiger partial charge < -0.3 is 9.57 Å². The second-order valence-electron chi connectivity index (χ2n) is 5.61. The summed E-state index contributed by atoms with van der Waals surface area (Å²) in [6.45, 7) is 0.506. The summed E-state index contributed by atoms with van der Waals surface area (Å²) in [5.41, 5.74) is 4.00. The van der Waals surface area contributed by atoms with Crippen LogP contribution in [0.3, 0.4) is 0 Å². The van der Waals surface area contributed by atoms with Crippen LogP contribution in [-0.4, -0.2) is 23.5 Å². The lowest BCUT2D eigenvalue weighted by molar-refractivity contribution is 0.135. The van der Waals surface area contributed by atoms with Crippen molar-refractivity contribution in [3.8, 4) is 22.7 Å². The highest BCUT2D eigenvalue weighted by Gasteiger charge is 2.12. The van der Waals surface area contributed by atoms with E-state index in [0.29, 0.717) is 11.6 Å². The average Bonchev–Trinajstić information content (AvgIpc) is 3.07. The molecule has 2 aromatic carbocycles. The molecule has 0 aliphatic rings. The van der Waals surface area contributed by atoms with Crippen molar-refractivity contribution in [1.82, 2.24) is 9.78 Å². The number of nitrogens with zero attached hydrogens (tertiary/aromatic N) is 2. The number of aromatic nitrogens is 2. The number of aryl methyl sites for hydroxylation is 1. The second kappa shape index (κ2) is 8.16. The van der Waals surface area contributed by atoms with Crippen LogP contribution in [0.5, 0.6) is 5.75 Å². The second-order valence-corrected chi connectivity index (χ2v) is 6.05. The van der Waals surface area contributed by atoms with Crippen molar-refractivity contribution < 1.29 is 9.57 Å². The molecule has 0 fully saturated rings. The molecule has 5 nitrogen and oxygen atoms in total. The fraction of sp³-hybridized carbons (Fsp3) is 0.211. The van der Waals surface area contributed by atoms with E-state index in [9.17, 15) is 0 Å². The van der Waals surface area contributed by atoms with Crippen LogP contribution in [-0.2, 0) is 11.3 Å². The largest absolute Gasteiger partial charge is 0.497 e. The van der Waals surface area contributed by atoms with Crippen LogP contribution in [0, 0.1) is 0 Å². The molecule has 3 rings (SSSR count). The maximum atomic E-state index is 6.02. The molecule has 0 aliphatic carbocycles. The van der Waals surface area contributed by atoms with Crippen molar-refractivity contribution in [1.29, 1.82) is 0 Å². The SMILES string of the molecule is COc1ccc(-n2nc(CCCON)cc2-c2ccc(Cl)cc2)cc1. The van der Waals surface area contributed by atoms with Crippen molar-refractivity contribution in [3.05, 3.63) is 65.3 Å².